The molecule has 0 aromatic heterocycles. The van der Waals surface area contributed by atoms with E-state index in [1.807, 2.05) is 19.1 Å². The molecule has 4 saturated carbocycles. The minimum absolute atomic E-state index is 0.000777. The Morgan fingerprint density at radius 1 is 0.788 bits per heavy atom. The lowest BCUT2D eigenvalue weighted by molar-refractivity contribution is -0.224. The number of fused-ring (bicyclic) bond motifs is 5. The average Bonchev–Trinajstić information content (AvgIpc) is 3.03. The number of rotatable bonds is 4. The van der Waals surface area contributed by atoms with Crippen LogP contribution >= 0.6 is 0 Å². The second kappa shape index (κ2) is 7.81. The van der Waals surface area contributed by atoms with Crippen LogP contribution < -0.4 is 0 Å². The zero-order valence-corrected chi connectivity index (χ0v) is 22.7. The monoisotopic (exact) mass is 460 g/mol. The largest absolute Gasteiger partial charge is 0.393 e. The maximum absolute atomic E-state index is 11.6. The molecule has 0 spiro atoms. The summed E-state index contributed by atoms with van der Waals surface area (Å²) in [5.74, 6) is 2.18. The molecule has 3 nitrogen and oxygen atoms in total. The van der Waals surface area contributed by atoms with Gasteiger partial charge < -0.3 is 15.3 Å². The topological polar surface area (TPSA) is 60.7 Å². The van der Waals surface area contributed by atoms with Crippen molar-refractivity contribution in [3.63, 3.8) is 0 Å². The predicted molar refractivity (Wildman–Crippen MR) is 136 cm³/mol. The zero-order valence-electron chi connectivity index (χ0n) is 22.7. The van der Waals surface area contributed by atoms with Gasteiger partial charge in [0.1, 0.15) is 0 Å². The lowest BCUT2D eigenvalue weighted by atomic mass is 9.35. The van der Waals surface area contributed by atoms with Crippen molar-refractivity contribution < 1.29 is 15.3 Å². The first-order valence-corrected chi connectivity index (χ1v) is 13.8. The molecule has 0 aliphatic heterocycles. The van der Waals surface area contributed by atoms with Gasteiger partial charge in [-0.25, -0.2) is 0 Å². The maximum atomic E-state index is 11.6. The van der Waals surface area contributed by atoms with E-state index in [4.69, 9.17) is 0 Å². The highest BCUT2D eigenvalue weighted by Crippen LogP contribution is 2.75. The van der Waals surface area contributed by atoms with Crippen LogP contribution in [0.3, 0.4) is 0 Å². The first kappa shape index (κ1) is 25.7. The van der Waals surface area contributed by atoms with Gasteiger partial charge in [-0.1, -0.05) is 46.8 Å². The first-order valence-electron chi connectivity index (χ1n) is 13.8. The Morgan fingerprint density at radius 3 is 2.06 bits per heavy atom. The lowest BCUT2D eigenvalue weighted by Crippen LogP contribution is -2.64. The Hall–Kier alpha value is -0.380. The second-order valence-electron chi connectivity index (χ2n) is 14.8. The van der Waals surface area contributed by atoms with E-state index < -0.39 is 11.2 Å². The summed E-state index contributed by atoms with van der Waals surface area (Å²) >= 11 is 0. The van der Waals surface area contributed by atoms with Gasteiger partial charge in [0, 0.05) is 0 Å². The van der Waals surface area contributed by atoms with Gasteiger partial charge in [0.2, 0.25) is 0 Å². The average molecular weight is 461 g/mol. The van der Waals surface area contributed by atoms with Gasteiger partial charge in [0.05, 0.1) is 17.3 Å². The van der Waals surface area contributed by atoms with Gasteiger partial charge >= 0.3 is 0 Å². The molecule has 0 amide bonds. The van der Waals surface area contributed by atoms with Crippen LogP contribution in [0.5, 0.6) is 0 Å². The van der Waals surface area contributed by atoms with E-state index in [1.54, 1.807) is 13.8 Å². The first-order chi connectivity index (χ1) is 15.0. The van der Waals surface area contributed by atoms with Crippen LogP contribution in [0.4, 0.5) is 0 Å². The molecule has 190 valence electrons. The molecule has 4 fully saturated rings. The molecule has 0 bridgehead atoms. The molecule has 4 rings (SSSR count). The Labute approximate surface area is 203 Å². The fraction of sp³-hybridized carbons (Fsp3) is 0.933. The molecule has 4 aliphatic carbocycles. The van der Waals surface area contributed by atoms with E-state index in [0.29, 0.717) is 40.9 Å². The van der Waals surface area contributed by atoms with E-state index in [-0.39, 0.29) is 16.9 Å². The van der Waals surface area contributed by atoms with Crippen molar-refractivity contribution >= 4 is 0 Å². The molecular weight excluding hydrogens is 408 g/mol. The Balaban J connectivity index is 1.61. The summed E-state index contributed by atoms with van der Waals surface area (Å²) < 4.78 is 0. The third kappa shape index (κ3) is 3.78. The maximum Gasteiger partial charge on any atom is 0.0771 e. The van der Waals surface area contributed by atoms with Crippen molar-refractivity contribution in [1.82, 2.24) is 0 Å². The van der Waals surface area contributed by atoms with Crippen LogP contribution in [0.1, 0.15) is 113 Å². The van der Waals surface area contributed by atoms with Gasteiger partial charge in [-0.15, -0.1) is 0 Å². The van der Waals surface area contributed by atoms with E-state index in [1.165, 1.54) is 32.1 Å². The van der Waals surface area contributed by atoms with Crippen LogP contribution in [0.15, 0.2) is 12.2 Å². The molecule has 3 heteroatoms. The predicted octanol–water partition coefficient (Wildman–Crippen LogP) is 6.50. The summed E-state index contributed by atoms with van der Waals surface area (Å²) in [5.41, 5.74) is -0.695. The summed E-state index contributed by atoms with van der Waals surface area (Å²) in [6.45, 7) is 18.0. The summed E-state index contributed by atoms with van der Waals surface area (Å²) in [4.78, 5) is 0. The van der Waals surface area contributed by atoms with E-state index in [2.05, 4.69) is 34.6 Å². The third-order valence-electron chi connectivity index (χ3n) is 12.2. The summed E-state index contributed by atoms with van der Waals surface area (Å²) in [5, 5.41) is 32.5. The quantitative estimate of drug-likeness (QED) is 0.420. The number of aliphatic hydroxyl groups excluding tert-OH is 1. The van der Waals surface area contributed by atoms with Crippen molar-refractivity contribution in [2.45, 2.75) is 130 Å². The highest BCUT2D eigenvalue weighted by Gasteiger charge is 2.69. The van der Waals surface area contributed by atoms with Crippen LogP contribution in [-0.2, 0) is 0 Å². The molecular formula is C30H52O3. The van der Waals surface area contributed by atoms with Gasteiger partial charge in [0.15, 0.2) is 0 Å². The molecule has 9 atom stereocenters. The molecule has 3 N–H and O–H groups in total. The number of hydrogen-bond acceptors (Lipinski definition) is 3. The van der Waals surface area contributed by atoms with Gasteiger partial charge in [0.25, 0.3) is 0 Å². The highest BCUT2D eigenvalue weighted by molar-refractivity contribution is 5.18. The van der Waals surface area contributed by atoms with Crippen molar-refractivity contribution in [1.29, 1.82) is 0 Å². The Morgan fingerprint density at radius 2 is 1.42 bits per heavy atom. The van der Waals surface area contributed by atoms with E-state index in [0.717, 1.165) is 19.3 Å². The standard InChI is InChI=1S/C30H52O3/c1-25(2,32)15-9-16-30(8,33)21-12-18-28(6)20(21)10-11-23-27(5)17-14-24(31)26(3,4)22(27)13-19-29(23,28)7/h9,15,20-24,31-33H,10-14,16-19H2,1-8H3/t20?,21?,22?,23?,24-,27+,28-,29-,30?/m1/s1. The second-order valence-corrected chi connectivity index (χ2v) is 14.8. The Kier molecular flexibility index (Phi) is 6.08. The minimum atomic E-state index is -0.832. The molecule has 4 aliphatic rings. The molecule has 0 aromatic carbocycles. The van der Waals surface area contributed by atoms with Crippen molar-refractivity contribution in [2.75, 3.05) is 0 Å². The van der Waals surface area contributed by atoms with Crippen molar-refractivity contribution in [3.05, 3.63) is 12.2 Å². The van der Waals surface area contributed by atoms with Gasteiger partial charge in [-0.05, 0) is 124 Å². The van der Waals surface area contributed by atoms with Gasteiger partial charge in [-0.3, -0.25) is 0 Å². The molecule has 0 saturated heterocycles. The SMILES string of the molecule is CC(C)(O)C=CCC(C)(O)C1CC[C@]2(C)C1CCC1[C@@]3(C)CC[C@@H](O)C(C)(C)C3CC[C@]12C. The minimum Gasteiger partial charge on any atom is -0.393 e. The van der Waals surface area contributed by atoms with Crippen molar-refractivity contribution in [3.8, 4) is 0 Å². The molecule has 0 heterocycles. The summed E-state index contributed by atoms with van der Waals surface area (Å²) in [6.07, 6.45) is 13.7. The summed E-state index contributed by atoms with van der Waals surface area (Å²) in [6, 6.07) is 0. The number of aliphatic hydroxyl groups is 3. The summed E-state index contributed by atoms with van der Waals surface area (Å²) in [7, 11) is 0. The molecule has 0 radical (unpaired) electrons. The van der Waals surface area contributed by atoms with E-state index >= 15 is 0 Å². The van der Waals surface area contributed by atoms with Crippen LogP contribution in [0, 0.1) is 45.3 Å². The third-order valence-corrected chi connectivity index (χ3v) is 12.2. The number of hydrogen-bond donors (Lipinski definition) is 3. The normalized spacial score (nSPS) is 49.2. The zero-order chi connectivity index (χ0) is 24.7. The Bertz CT molecular complexity index is 776. The molecule has 5 unspecified atom stereocenters. The van der Waals surface area contributed by atoms with Crippen LogP contribution in [0.2, 0.25) is 0 Å². The smallest absolute Gasteiger partial charge is 0.0771 e. The van der Waals surface area contributed by atoms with Crippen molar-refractivity contribution in [2.24, 2.45) is 45.3 Å². The van der Waals surface area contributed by atoms with Crippen LogP contribution in [0.25, 0.3) is 0 Å². The lowest BCUT2D eigenvalue weighted by Gasteiger charge is -2.70. The van der Waals surface area contributed by atoms with Crippen LogP contribution in [-0.4, -0.2) is 32.6 Å². The molecule has 33 heavy (non-hydrogen) atoms. The molecule has 0 aromatic rings. The highest BCUT2D eigenvalue weighted by atomic mass is 16.3. The van der Waals surface area contributed by atoms with E-state index in [9.17, 15) is 15.3 Å². The van der Waals surface area contributed by atoms with Gasteiger partial charge in [-0.2, -0.15) is 0 Å². The fourth-order valence-corrected chi connectivity index (χ4v) is 10.2. The fourth-order valence-electron chi connectivity index (χ4n) is 10.2.